The standard InChI is InChI=1S/C58H31B3N2O4S2/c1-3-14-32(15-4-1)62-40-20-11-21-41-52(40)59(36-28-38-48(30-42(36)62)64-44-22-12-24-46-53(44)60(38)57-55(66-46)34-18-7-9-26-50(34)68-57)37-29-39-49(31-43(37)63(41)33-16-5-2-6-17-33)65-45-23-13-25-47-54(45)61(39)58-56(67-47)35-19-8-10-27-51(35)69-58/h1-31H. The Morgan fingerprint density at radius 2 is 0.739 bits per heavy atom. The second-order valence-electron chi connectivity index (χ2n) is 18.6. The molecule has 0 bridgehead atoms. The summed E-state index contributed by atoms with van der Waals surface area (Å²) in [5, 5.41) is 2.28. The summed E-state index contributed by atoms with van der Waals surface area (Å²) in [6.45, 7) is -0.330. The van der Waals surface area contributed by atoms with Crippen molar-refractivity contribution in [1.29, 1.82) is 0 Å². The molecule has 0 spiro atoms. The van der Waals surface area contributed by atoms with Crippen LogP contribution in [-0.4, -0.2) is 20.1 Å². The fourth-order valence-electron chi connectivity index (χ4n) is 12.3. The average Bonchev–Trinajstić information content (AvgIpc) is 3.96. The zero-order valence-electron chi connectivity index (χ0n) is 36.5. The summed E-state index contributed by atoms with van der Waals surface area (Å²) in [6, 6.07) is 67.7. The number of nitrogens with zero attached hydrogens (tertiary/aromatic N) is 2. The van der Waals surface area contributed by atoms with E-state index in [1.54, 1.807) is 0 Å². The molecule has 17 rings (SSSR count). The maximum absolute atomic E-state index is 7.08. The van der Waals surface area contributed by atoms with Gasteiger partial charge in [-0.1, -0.05) is 91.0 Å². The molecular formula is C58H31B3N2O4S2. The van der Waals surface area contributed by atoms with E-state index in [1.807, 2.05) is 34.8 Å². The van der Waals surface area contributed by atoms with Crippen LogP contribution in [0.4, 0.5) is 34.1 Å². The molecule has 0 radical (unpaired) electrons. The van der Waals surface area contributed by atoms with E-state index >= 15 is 0 Å². The zero-order chi connectivity index (χ0) is 44.6. The highest BCUT2D eigenvalue weighted by Crippen LogP contribution is 2.48. The molecule has 0 unspecified atom stereocenters. The van der Waals surface area contributed by atoms with Crippen molar-refractivity contribution < 1.29 is 18.9 Å². The van der Waals surface area contributed by atoms with Crippen molar-refractivity contribution >= 4 is 145 Å². The van der Waals surface area contributed by atoms with E-state index in [1.165, 1.54) is 35.3 Å². The summed E-state index contributed by atoms with van der Waals surface area (Å²) in [7, 11) is 0. The van der Waals surface area contributed by atoms with E-state index in [0.29, 0.717) is 0 Å². The molecule has 0 saturated carbocycles. The summed E-state index contributed by atoms with van der Waals surface area (Å²) < 4.78 is 32.7. The van der Waals surface area contributed by atoms with E-state index in [0.717, 1.165) is 113 Å². The van der Waals surface area contributed by atoms with Crippen LogP contribution in [0.1, 0.15) is 0 Å². The van der Waals surface area contributed by atoms with Crippen molar-refractivity contribution in [2.75, 3.05) is 9.80 Å². The van der Waals surface area contributed by atoms with E-state index < -0.39 is 0 Å². The lowest BCUT2D eigenvalue weighted by Gasteiger charge is -2.45. The highest BCUT2D eigenvalue weighted by molar-refractivity contribution is 7.33. The minimum absolute atomic E-state index is 0.0856. The molecule has 8 heterocycles. The van der Waals surface area contributed by atoms with Gasteiger partial charge in [0.2, 0.25) is 0 Å². The van der Waals surface area contributed by atoms with Crippen LogP contribution in [0.15, 0.2) is 188 Å². The lowest BCUT2D eigenvalue weighted by Crippen LogP contribution is -2.65. The highest BCUT2D eigenvalue weighted by Gasteiger charge is 2.50. The summed E-state index contributed by atoms with van der Waals surface area (Å²) >= 11 is 3.65. The van der Waals surface area contributed by atoms with Crippen LogP contribution < -0.4 is 76.5 Å². The molecule has 0 atom stereocenters. The number of ether oxygens (including phenoxy) is 4. The number of rotatable bonds is 2. The molecule has 11 heteroatoms. The number of thiophene rings is 2. The van der Waals surface area contributed by atoms with Crippen molar-refractivity contribution in [3.8, 4) is 46.0 Å². The van der Waals surface area contributed by atoms with Crippen molar-refractivity contribution in [1.82, 2.24) is 0 Å². The second kappa shape index (κ2) is 13.3. The molecule has 0 fully saturated rings. The first-order valence-corrected chi connectivity index (χ1v) is 25.0. The normalized spacial score (nSPS) is 14.4. The third-order valence-electron chi connectivity index (χ3n) is 15.1. The quantitative estimate of drug-likeness (QED) is 0.161. The molecule has 69 heavy (non-hydrogen) atoms. The number of hydrogen-bond donors (Lipinski definition) is 0. The van der Waals surface area contributed by atoms with Gasteiger partial charge < -0.3 is 28.7 Å². The van der Waals surface area contributed by atoms with Gasteiger partial charge in [-0.15, -0.1) is 22.7 Å². The molecule has 2 aromatic heterocycles. The predicted molar refractivity (Wildman–Crippen MR) is 287 cm³/mol. The Morgan fingerprint density at radius 1 is 0.319 bits per heavy atom. The molecule has 6 aliphatic rings. The van der Waals surface area contributed by atoms with Gasteiger partial charge in [0.05, 0.1) is 0 Å². The van der Waals surface area contributed by atoms with Gasteiger partial charge in [-0.3, -0.25) is 0 Å². The summed E-state index contributed by atoms with van der Waals surface area (Å²) in [4.78, 5) is 4.91. The van der Waals surface area contributed by atoms with Crippen molar-refractivity contribution in [3.05, 3.63) is 188 Å². The minimum atomic E-state index is -0.159. The van der Waals surface area contributed by atoms with Crippen LogP contribution in [0.25, 0.3) is 20.2 Å². The molecule has 0 saturated heterocycles. The van der Waals surface area contributed by atoms with Gasteiger partial charge in [-0.05, 0) is 112 Å². The Morgan fingerprint density at radius 3 is 1.22 bits per heavy atom. The number of fused-ring (bicyclic) bond motifs is 16. The van der Waals surface area contributed by atoms with E-state index in [9.17, 15) is 0 Å². The predicted octanol–water partition coefficient (Wildman–Crippen LogP) is 9.65. The zero-order valence-corrected chi connectivity index (χ0v) is 38.1. The van der Waals surface area contributed by atoms with Gasteiger partial charge in [0, 0.05) is 86.9 Å². The number of hydrogen-bond acceptors (Lipinski definition) is 8. The van der Waals surface area contributed by atoms with Crippen molar-refractivity contribution in [3.63, 3.8) is 0 Å². The summed E-state index contributed by atoms with van der Waals surface area (Å²) in [5.74, 6) is 6.97. The molecule has 0 aliphatic carbocycles. The van der Waals surface area contributed by atoms with Crippen LogP contribution in [0.5, 0.6) is 46.0 Å². The molecule has 6 aliphatic heterocycles. The van der Waals surface area contributed by atoms with Gasteiger partial charge in [0.25, 0.3) is 20.1 Å². The summed E-state index contributed by atoms with van der Waals surface area (Å²) in [6.07, 6.45) is 0. The molecule has 318 valence electrons. The third kappa shape index (κ3) is 4.83. The Kier molecular flexibility index (Phi) is 7.13. The van der Waals surface area contributed by atoms with Gasteiger partial charge in [0.1, 0.15) is 46.0 Å². The lowest BCUT2D eigenvalue weighted by molar-refractivity contribution is 0.467. The first-order chi connectivity index (χ1) is 34.2. The first-order valence-electron chi connectivity index (χ1n) is 23.4. The van der Waals surface area contributed by atoms with Gasteiger partial charge in [0.15, 0.2) is 0 Å². The van der Waals surface area contributed by atoms with Gasteiger partial charge in [-0.25, -0.2) is 0 Å². The van der Waals surface area contributed by atoms with Crippen LogP contribution >= 0.6 is 22.7 Å². The summed E-state index contributed by atoms with van der Waals surface area (Å²) in [5.41, 5.74) is 14.8. The van der Waals surface area contributed by atoms with Crippen LogP contribution in [0.3, 0.4) is 0 Å². The van der Waals surface area contributed by atoms with E-state index in [2.05, 4.69) is 186 Å². The molecule has 0 N–H and O–H groups in total. The minimum Gasteiger partial charge on any atom is -0.458 e. The van der Waals surface area contributed by atoms with Crippen molar-refractivity contribution in [2.24, 2.45) is 0 Å². The van der Waals surface area contributed by atoms with Gasteiger partial charge in [-0.2, -0.15) is 0 Å². The topological polar surface area (TPSA) is 43.4 Å². The van der Waals surface area contributed by atoms with E-state index in [4.69, 9.17) is 18.9 Å². The fourth-order valence-corrected chi connectivity index (χ4v) is 14.8. The largest absolute Gasteiger partial charge is 0.458 e. The Hall–Kier alpha value is -8.11. The maximum atomic E-state index is 7.08. The molecule has 11 aromatic rings. The molecule has 9 aromatic carbocycles. The molecule has 0 amide bonds. The monoisotopic (exact) mass is 916 g/mol. The number of benzene rings is 9. The average molecular weight is 916 g/mol. The Bertz CT molecular complexity index is 3840. The SMILES string of the molecule is c1ccc(N2c3cc4c(cc3B3c5cc6c(cc5N(c5ccccc5)c5cccc2c53)Oc2cccc3c2B6c2sc5ccccc5c2O3)B2c3sc5ccccc5c3Oc3cccc(c32)O4)cc1. The van der Waals surface area contributed by atoms with Gasteiger partial charge >= 0.3 is 0 Å². The van der Waals surface area contributed by atoms with Crippen LogP contribution in [0.2, 0.25) is 0 Å². The molecular weight excluding hydrogens is 885 g/mol. The number of para-hydroxylation sites is 2. The smallest absolute Gasteiger partial charge is 0.273 e. The van der Waals surface area contributed by atoms with Crippen molar-refractivity contribution in [2.45, 2.75) is 0 Å². The fraction of sp³-hybridized carbons (Fsp3) is 0. The van der Waals surface area contributed by atoms with Crippen LogP contribution in [0, 0.1) is 0 Å². The lowest BCUT2D eigenvalue weighted by atomic mass is 9.30. The third-order valence-corrected chi connectivity index (χ3v) is 17.5. The molecule has 6 nitrogen and oxygen atoms in total. The Balaban J connectivity index is 0.969. The van der Waals surface area contributed by atoms with Crippen LogP contribution in [-0.2, 0) is 0 Å². The Labute approximate surface area is 405 Å². The maximum Gasteiger partial charge on any atom is 0.273 e. The number of anilines is 6. The highest BCUT2D eigenvalue weighted by atomic mass is 32.1. The van der Waals surface area contributed by atoms with E-state index in [-0.39, 0.29) is 20.1 Å². The first kappa shape index (κ1) is 36.9. The second-order valence-corrected chi connectivity index (χ2v) is 20.7.